The van der Waals surface area contributed by atoms with E-state index < -0.39 is 23.1 Å². The van der Waals surface area contributed by atoms with E-state index in [1.165, 1.54) is 24.3 Å². The molecule has 0 aliphatic heterocycles. The van der Waals surface area contributed by atoms with Gasteiger partial charge in [-0.05, 0) is 33.7 Å². The molecular weight excluding hydrogens is 424 g/mol. The van der Waals surface area contributed by atoms with Crippen LogP contribution >= 0.6 is 0 Å². The lowest BCUT2D eigenvalue weighted by Crippen LogP contribution is -2.16. The van der Waals surface area contributed by atoms with Crippen molar-refractivity contribution in [3.8, 4) is 0 Å². The second-order valence-corrected chi connectivity index (χ2v) is 8.02. The molecule has 0 unspecified atom stereocenters. The molecule has 0 fully saturated rings. The van der Waals surface area contributed by atoms with Gasteiger partial charge in [-0.15, -0.1) is 0 Å². The van der Waals surface area contributed by atoms with E-state index in [0.29, 0.717) is 11.1 Å². The highest BCUT2D eigenvalue weighted by atomic mass is 16.2. The standard InChI is InChI=1S/C30H18O4/c31-27(29(33)25-15-9-19-5-1-3-7-23(19)17-25)21-11-13-22(14-12-21)28(32)30(34)26-16-10-20-6-2-4-8-24(20)18-26/h1-18H. The van der Waals surface area contributed by atoms with Crippen molar-refractivity contribution in [1.82, 2.24) is 0 Å². The van der Waals surface area contributed by atoms with E-state index in [1.54, 1.807) is 36.4 Å². The molecule has 34 heavy (non-hydrogen) atoms. The van der Waals surface area contributed by atoms with Crippen molar-refractivity contribution in [1.29, 1.82) is 0 Å². The Balaban J connectivity index is 1.35. The molecule has 5 aromatic carbocycles. The molecule has 0 heterocycles. The van der Waals surface area contributed by atoms with Crippen molar-refractivity contribution in [3.63, 3.8) is 0 Å². The maximum absolute atomic E-state index is 12.7. The normalized spacial score (nSPS) is 10.8. The molecule has 5 aromatic rings. The average Bonchev–Trinajstić information content (AvgIpc) is 2.91. The highest BCUT2D eigenvalue weighted by Crippen LogP contribution is 2.19. The van der Waals surface area contributed by atoms with Gasteiger partial charge < -0.3 is 0 Å². The monoisotopic (exact) mass is 442 g/mol. The van der Waals surface area contributed by atoms with Gasteiger partial charge in [0.2, 0.25) is 23.1 Å². The van der Waals surface area contributed by atoms with E-state index >= 15 is 0 Å². The molecule has 0 saturated heterocycles. The van der Waals surface area contributed by atoms with Crippen molar-refractivity contribution in [2.75, 3.05) is 0 Å². The summed E-state index contributed by atoms with van der Waals surface area (Å²) in [4.78, 5) is 51.0. The Morgan fingerprint density at radius 1 is 0.324 bits per heavy atom. The lowest BCUT2D eigenvalue weighted by Gasteiger charge is -2.05. The quantitative estimate of drug-likeness (QED) is 0.235. The number of carbonyl (C=O) groups excluding carboxylic acids is 4. The minimum Gasteiger partial charge on any atom is -0.285 e. The van der Waals surface area contributed by atoms with E-state index in [4.69, 9.17) is 0 Å². The maximum Gasteiger partial charge on any atom is 0.233 e. The van der Waals surface area contributed by atoms with Crippen molar-refractivity contribution in [2.45, 2.75) is 0 Å². The molecule has 0 aliphatic carbocycles. The summed E-state index contributed by atoms with van der Waals surface area (Å²) in [6.45, 7) is 0. The summed E-state index contributed by atoms with van der Waals surface area (Å²) in [6.07, 6.45) is 0. The van der Waals surface area contributed by atoms with Crippen molar-refractivity contribution in [3.05, 3.63) is 131 Å². The summed E-state index contributed by atoms with van der Waals surface area (Å²) in [5.41, 5.74) is 0.923. The van der Waals surface area contributed by atoms with Crippen LogP contribution in [0.4, 0.5) is 0 Å². The third-order valence-corrected chi connectivity index (χ3v) is 5.85. The van der Waals surface area contributed by atoms with Gasteiger partial charge in [0.25, 0.3) is 0 Å². The Bertz CT molecular complexity index is 1490. The van der Waals surface area contributed by atoms with Crippen LogP contribution in [0, 0.1) is 0 Å². The largest absolute Gasteiger partial charge is 0.285 e. The topological polar surface area (TPSA) is 68.3 Å². The van der Waals surface area contributed by atoms with E-state index in [0.717, 1.165) is 21.5 Å². The summed E-state index contributed by atoms with van der Waals surface area (Å²) in [5, 5.41) is 3.69. The number of hydrogen-bond donors (Lipinski definition) is 0. The molecule has 0 radical (unpaired) electrons. The number of fused-ring (bicyclic) bond motifs is 2. The fourth-order valence-corrected chi connectivity index (χ4v) is 3.96. The fraction of sp³-hybridized carbons (Fsp3) is 0. The minimum atomic E-state index is -0.671. The first-order valence-electron chi connectivity index (χ1n) is 10.8. The van der Waals surface area contributed by atoms with Gasteiger partial charge in [0.1, 0.15) is 0 Å². The summed E-state index contributed by atoms with van der Waals surface area (Å²) in [6, 6.07) is 31.0. The number of hydrogen-bond acceptors (Lipinski definition) is 4. The van der Waals surface area contributed by atoms with Crippen LogP contribution in [0.2, 0.25) is 0 Å². The molecular formula is C30H18O4. The first-order valence-corrected chi connectivity index (χ1v) is 10.8. The van der Waals surface area contributed by atoms with E-state index in [9.17, 15) is 19.2 Å². The summed E-state index contributed by atoms with van der Waals surface area (Å²) in [5.74, 6) is -2.60. The van der Waals surface area contributed by atoms with Crippen molar-refractivity contribution < 1.29 is 19.2 Å². The molecule has 5 rings (SSSR count). The van der Waals surface area contributed by atoms with Gasteiger partial charge >= 0.3 is 0 Å². The molecule has 0 aromatic heterocycles. The summed E-state index contributed by atoms with van der Waals surface area (Å²) < 4.78 is 0. The smallest absolute Gasteiger partial charge is 0.233 e. The van der Waals surface area contributed by atoms with Crippen LogP contribution in [0.3, 0.4) is 0 Å². The second kappa shape index (κ2) is 8.68. The summed E-state index contributed by atoms with van der Waals surface area (Å²) in [7, 11) is 0. The highest BCUT2D eigenvalue weighted by Gasteiger charge is 2.21. The van der Waals surface area contributed by atoms with Crippen LogP contribution < -0.4 is 0 Å². The maximum atomic E-state index is 12.7. The van der Waals surface area contributed by atoms with Crippen LogP contribution in [0.15, 0.2) is 109 Å². The van der Waals surface area contributed by atoms with Crippen LogP contribution in [0.1, 0.15) is 41.4 Å². The molecule has 0 aliphatic rings. The molecule has 162 valence electrons. The predicted octanol–water partition coefficient (Wildman–Crippen LogP) is 6.12. The zero-order valence-corrected chi connectivity index (χ0v) is 18.0. The molecule has 0 amide bonds. The predicted molar refractivity (Wildman–Crippen MR) is 132 cm³/mol. The van der Waals surface area contributed by atoms with Crippen LogP contribution in [0.25, 0.3) is 21.5 Å². The van der Waals surface area contributed by atoms with Gasteiger partial charge in [-0.1, -0.05) is 97.1 Å². The third-order valence-electron chi connectivity index (χ3n) is 5.85. The van der Waals surface area contributed by atoms with Gasteiger partial charge in [-0.3, -0.25) is 19.2 Å². The van der Waals surface area contributed by atoms with Gasteiger partial charge in [0.05, 0.1) is 0 Å². The van der Waals surface area contributed by atoms with Gasteiger partial charge in [0, 0.05) is 22.3 Å². The number of carbonyl (C=O) groups is 4. The van der Waals surface area contributed by atoms with E-state index in [-0.39, 0.29) is 11.1 Å². The molecule has 4 heteroatoms. The van der Waals surface area contributed by atoms with Gasteiger partial charge in [0.15, 0.2) is 0 Å². The number of ketones is 4. The Labute approximate surface area is 195 Å². The van der Waals surface area contributed by atoms with E-state index in [1.807, 2.05) is 48.5 Å². The van der Waals surface area contributed by atoms with Crippen LogP contribution in [-0.4, -0.2) is 23.1 Å². The molecule has 4 nitrogen and oxygen atoms in total. The number of benzene rings is 5. The molecule has 0 atom stereocenters. The Kier molecular flexibility index (Phi) is 5.40. The lowest BCUT2D eigenvalue weighted by atomic mass is 9.96. The first-order chi connectivity index (χ1) is 16.5. The fourth-order valence-electron chi connectivity index (χ4n) is 3.96. The number of Topliss-reactive ketones (excluding diaryl/α,β-unsaturated/α-hetero) is 4. The third kappa shape index (κ3) is 3.93. The van der Waals surface area contributed by atoms with Gasteiger partial charge in [-0.2, -0.15) is 0 Å². The highest BCUT2D eigenvalue weighted by molar-refractivity contribution is 6.50. The molecule has 0 saturated carbocycles. The second-order valence-electron chi connectivity index (χ2n) is 8.02. The number of rotatable bonds is 6. The molecule has 0 bridgehead atoms. The Hall–Kier alpha value is -4.70. The zero-order valence-electron chi connectivity index (χ0n) is 18.0. The Morgan fingerprint density at radius 3 is 1.00 bits per heavy atom. The van der Waals surface area contributed by atoms with Crippen molar-refractivity contribution >= 4 is 44.7 Å². The van der Waals surface area contributed by atoms with Crippen LogP contribution in [-0.2, 0) is 0 Å². The molecule has 0 N–H and O–H groups in total. The van der Waals surface area contributed by atoms with E-state index in [2.05, 4.69) is 0 Å². The molecule has 0 spiro atoms. The SMILES string of the molecule is O=C(C(=O)c1ccc2ccccc2c1)c1ccc(C(=O)C(=O)c2ccc3ccccc3c2)cc1. The summed E-state index contributed by atoms with van der Waals surface area (Å²) >= 11 is 0. The zero-order chi connectivity index (χ0) is 23.7. The average molecular weight is 442 g/mol. The first kappa shape index (κ1) is 21.2. The lowest BCUT2D eigenvalue weighted by molar-refractivity contribution is 0.0815. The van der Waals surface area contributed by atoms with Gasteiger partial charge in [-0.25, -0.2) is 0 Å². The van der Waals surface area contributed by atoms with Crippen LogP contribution in [0.5, 0.6) is 0 Å². The minimum absolute atomic E-state index is 0.160. The Morgan fingerprint density at radius 2 is 0.618 bits per heavy atom. The van der Waals surface area contributed by atoms with Crippen molar-refractivity contribution in [2.24, 2.45) is 0 Å².